The lowest BCUT2D eigenvalue weighted by atomic mass is 10.3. The van der Waals surface area contributed by atoms with Crippen LogP contribution in [0.1, 0.15) is 19.5 Å². The zero-order valence-electron chi connectivity index (χ0n) is 8.61. The van der Waals surface area contributed by atoms with Crippen molar-refractivity contribution >= 4 is 15.5 Å². The fraction of sp³-hybridized carbons (Fsp3) is 0.625. The van der Waals surface area contributed by atoms with Crippen LogP contribution in [0.4, 0.5) is 5.69 Å². The number of sulfone groups is 1. The third kappa shape index (κ3) is 1.61. The highest BCUT2D eigenvalue weighted by Gasteiger charge is 2.22. The molecule has 0 bridgehead atoms. The quantitative estimate of drug-likeness (QED) is 0.792. The van der Waals surface area contributed by atoms with Crippen LogP contribution in [-0.2, 0) is 23.3 Å². The van der Waals surface area contributed by atoms with E-state index in [1.807, 2.05) is 6.92 Å². The summed E-state index contributed by atoms with van der Waals surface area (Å²) in [6.45, 7) is 3.48. The number of hydrogen-bond acceptors (Lipinski definition) is 4. The minimum absolute atomic E-state index is 0.0416. The molecule has 0 saturated carbocycles. The second-order valence-corrected chi connectivity index (χ2v) is 5.24. The van der Waals surface area contributed by atoms with Gasteiger partial charge in [-0.3, -0.25) is 4.68 Å². The predicted molar refractivity (Wildman–Crippen MR) is 54.7 cm³/mol. The first-order valence-electron chi connectivity index (χ1n) is 4.48. The lowest BCUT2D eigenvalue weighted by Gasteiger charge is -2.02. The molecule has 80 valence electrons. The van der Waals surface area contributed by atoms with Crippen molar-refractivity contribution in [3.8, 4) is 0 Å². The van der Waals surface area contributed by atoms with Crippen molar-refractivity contribution in [1.29, 1.82) is 0 Å². The maximum Gasteiger partial charge on any atom is 0.197 e. The number of nitrogen functional groups attached to an aromatic ring is 1. The van der Waals surface area contributed by atoms with Gasteiger partial charge in [-0.1, -0.05) is 13.8 Å². The Bertz CT molecular complexity index is 434. The molecule has 1 aromatic rings. The summed E-state index contributed by atoms with van der Waals surface area (Å²) in [5.41, 5.74) is 6.64. The zero-order valence-corrected chi connectivity index (χ0v) is 9.43. The second kappa shape index (κ2) is 3.61. The Morgan fingerprint density at radius 2 is 2.00 bits per heavy atom. The van der Waals surface area contributed by atoms with E-state index in [0.29, 0.717) is 12.1 Å². The van der Waals surface area contributed by atoms with Gasteiger partial charge in [-0.05, 0) is 6.42 Å². The summed E-state index contributed by atoms with van der Waals surface area (Å²) in [5.74, 6) is 0.0416. The molecule has 0 unspecified atom stereocenters. The molecule has 0 saturated heterocycles. The van der Waals surface area contributed by atoms with E-state index in [0.717, 1.165) is 0 Å². The molecule has 1 aromatic heterocycles. The van der Waals surface area contributed by atoms with Crippen molar-refractivity contribution < 1.29 is 8.42 Å². The van der Waals surface area contributed by atoms with Crippen LogP contribution in [0.2, 0.25) is 0 Å². The van der Waals surface area contributed by atoms with E-state index >= 15 is 0 Å². The molecule has 1 rings (SSSR count). The molecule has 0 spiro atoms. The van der Waals surface area contributed by atoms with Crippen molar-refractivity contribution in [2.45, 2.75) is 25.3 Å². The first-order chi connectivity index (χ1) is 6.44. The van der Waals surface area contributed by atoms with Crippen LogP contribution in [0.15, 0.2) is 5.03 Å². The summed E-state index contributed by atoms with van der Waals surface area (Å²) in [6, 6.07) is 0. The summed E-state index contributed by atoms with van der Waals surface area (Å²) in [7, 11) is -1.68. The van der Waals surface area contributed by atoms with E-state index in [4.69, 9.17) is 5.73 Å². The number of aromatic nitrogens is 2. The summed E-state index contributed by atoms with van der Waals surface area (Å²) in [4.78, 5) is 0. The van der Waals surface area contributed by atoms with Gasteiger partial charge in [0.25, 0.3) is 0 Å². The molecule has 0 atom stereocenters. The Balaban J connectivity index is 3.43. The van der Waals surface area contributed by atoms with Gasteiger partial charge in [-0.2, -0.15) is 5.10 Å². The number of aryl methyl sites for hydroxylation is 2. The van der Waals surface area contributed by atoms with Crippen LogP contribution < -0.4 is 5.73 Å². The number of rotatable bonds is 3. The lowest BCUT2D eigenvalue weighted by molar-refractivity contribution is 0.578. The van der Waals surface area contributed by atoms with Crippen LogP contribution >= 0.6 is 0 Å². The van der Waals surface area contributed by atoms with Gasteiger partial charge in [0.2, 0.25) is 0 Å². The zero-order chi connectivity index (χ0) is 10.9. The highest BCUT2D eigenvalue weighted by Crippen LogP contribution is 2.22. The van der Waals surface area contributed by atoms with Gasteiger partial charge in [0, 0.05) is 7.05 Å². The van der Waals surface area contributed by atoms with Gasteiger partial charge in [-0.15, -0.1) is 0 Å². The third-order valence-corrected chi connectivity index (χ3v) is 3.95. The van der Waals surface area contributed by atoms with Crippen molar-refractivity contribution in [3.05, 3.63) is 5.69 Å². The minimum Gasteiger partial charge on any atom is -0.395 e. The smallest absolute Gasteiger partial charge is 0.197 e. The van der Waals surface area contributed by atoms with E-state index in [9.17, 15) is 8.42 Å². The highest BCUT2D eigenvalue weighted by molar-refractivity contribution is 7.91. The van der Waals surface area contributed by atoms with E-state index < -0.39 is 9.84 Å². The fourth-order valence-corrected chi connectivity index (χ4v) is 2.51. The average Bonchev–Trinajstić information content (AvgIpc) is 2.41. The number of nitrogens with zero attached hydrogens (tertiary/aromatic N) is 2. The van der Waals surface area contributed by atoms with E-state index in [-0.39, 0.29) is 16.5 Å². The standard InChI is InChI=1S/C8H15N3O2S/c1-4-6-7(9)8(11(3)10-6)14(12,13)5-2/h4-5,9H2,1-3H3. The molecule has 1 heterocycles. The lowest BCUT2D eigenvalue weighted by Crippen LogP contribution is -2.11. The summed E-state index contributed by atoms with van der Waals surface area (Å²) in [5, 5.41) is 4.19. The molecule has 0 amide bonds. The normalized spacial score (nSPS) is 11.9. The molecule has 0 radical (unpaired) electrons. The van der Waals surface area contributed by atoms with Gasteiger partial charge in [-0.25, -0.2) is 8.42 Å². The van der Waals surface area contributed by atoms with Crippen molar-refractivity contribution in [1.82, 2.24) is 9.78 Å². The molecule has 0 aliphatic rings. The molecular formula is C8H15N3O2S. The fourth-order valence-electron chi connectivity index (χ4n) is 1.34. The largest absolute Gasteiger partial charge is 0.395 e. The van der Waals surface area contributed by atoms with Crippen molar-refractivity contribution in [2.24, 2.45) is 7.05 Å². The van der Waals surface area contributed by atoms with Crippen LogP contribution in [0.5, 0.6) is 0 Å². The Hall–Kier alpha value is -1.04. The molecular weight excluding hydrogens is 202 g/mol. The number of anilines is 1. The summed E-state index contributed by atoms with van der Waals surface area (Å²) >= 11 is 0. The average molecular weight is 217 g/mol. The summed E-state index contributed by atoms with van der Waals surface area (Å²) in [6.07, 6.45) is 0.638. The number of hydrogen-bond donors (Lipinski definition) is 1. The van der Waals surface area contributed by atoms with Gasteiger partial charge in [0.1, 0.15) is 0 Å². The Morgan fingerprint density at radius 1 is 1.43 bits per heavy atom. The molecule has 5 nitrogen and oxygen atoms in total. The maximum atomic E-state index is 11.6. The van der Waals surface area contributed by atoms with Crippen molar-refractivity contribution in [3.63, 3.8) is 0 Å². The molecule has 0 aliphatic carbocycles. The van der Waals surface area contributed by atoms with Gasteiger partial charge >= 0.3 is 0 Å². The molecule has 0 aromatic carbocycles. The monoisotopic (exact) mass is 217 g/mol. The van der Waals surface area contributed by atoms with E-state index in [2.05, 4.69) is 5.10 Å². The van der Waals surface area contributed by atoms with Crippen LogP contribution in [0.3, 0.4) is 0 Å². The Labute approximate surface area is 83.8 Å². The molecule has 6 heteroatoms. The maximum absolute atomic E-state index is 11.6. The SMILES string of the molecule is CCc1nn(C)c(S(=O)(=O)CC)c1N. The summed E-state index contributed by atoms with van der Waals surface area (Å²) < 4.78 is 24.6. The van der Waals surface area contributed by atoms with Crippen molar-refractivity contribution in [2.75, 3.05) is 11.5 Å². The Kier molecular flexibility index (Phi) is 2.84. The molecule has 14 heavy (non-hydrogen) atoms. The van der Waals surface area contributed by atoms with E-state index in [1.54, 1.807) is 14.0 Å². The van der Waals surface area contributed by atoms with Crippen LogP contribution in [0.25, 0.3) is 0 Å². The topological polar surface area (TPSA) is 78.0 Å². The van der Waals surface area contributed by atoms with E-state index in [1.165, 1.54) is 4.68 Å². The van der Waals surface area contributed by atoms with Gasteiger partial charge in [0.05, 0.1) is 17.1 Å². The van der Waals surface area contributed by atoms with Crippen LogP contribution in [0, 0.1) is 0 Å². The predicted octanol–water partition coefficient (Wildman–Crippen LogP) is 0.358. The van der Waals surface area contributed by atoms with Gasteiger partial charge < -0.3 is 5.73 Å². The highest BCUT2D eigenvalue weighted by atomic mass is 32.2. The minimum atomic E-state index is -3.27. The molecule has 2 N–H and O–H groups in total. The second-order valence-electron chi connectivity index (χ2n) is 3.05. The number of nitrogens with two attached hydrogens (primary N) is 1. The molecule has 0 fully saturated rings. The molecule has 0 aliphatic heterocycles. The van der Waals surface area contributed by atoms with Crippen LogP contribution in [-0.4, -0.2) is 24.0 Å². The third-order valence-electron chi connectivity index (χ3n) is 2.12. The van der Waals surface area contributed by atoms with Gasteiger partial charge in [0.15, 0.2) is 14.9 Å². The first kappa shape index (κ1) is 11.0. The first-order valence-corrected chi connectivity index (χ1v) is 6.13. The Morgan fingerprint density at radius 3 is 2.36 bits per heavy atom.